The molecule has 116 valence electrons. The summed E-state index contributed by atoms with van der Waals surface area (Å²) in [7, 11) is -3.28. The number of hydrogen-bond acceptors (Lipinski definition) is 4. The molecule has 21 heavy (non-hydrogen) atoms. The van der Waals surface area contributed by atoms with Gasteiger partial charge in [-0.3, -0.25) is 14.6 Å². The van der Waals surface area contributed by atoms with Gasteiger partial charge >= 0.3 is 7.52 Å². The lowest BCUT2D eigenvalue weighted by Crippen LogP contribution is -2.37. The van der Waals surface area contributed by atoms with E-state index in [0.717, 1.165) is 25.7 Å². The quantitative estimate of drug-likeness (QED) is 0.506. The lowest BCUT2D eigenvalue weighted by Gasteiger charge is -2.30. The molecule has 0 aromatic heterocycles. The molecule has 7 heteroatoms. The van der Waals surface area contributed by atoms with E-state index in [1.165, 1.54) is 0 Å². The molecule has 1 aliphatic rings. The third kappa shape index (κ3) is 4.14. The second-order valence-corrected chi connectivity index (χ2v) is 7.41. The van der Waals surface area contributed by atoms with Crippen LogP contribution in [0.2, 0.25) is 0 Å². The molecule has 0 radical (unpaired) electrons. The predicted octanol–water partition coefficient (Wildman–Crippen LogP) is 1.90. The van der Waals surface area contributed by atoms with Crippen LogP contribution in [0.4, 0.5) is 0 Å². The molecule has 1 heterocycles. The average Bonchev–Trinajstić information content (AvgIpc) is 2.61. The molecule has 1 atom stereocenters. The van der Waals surface area contributed by atoms with Crippen LogP contribution < -0.4 is 10.8 Å². The first-order chi connectivity index (χ1) is 10.2. The fourth-order valence-electron chi connectivity index (χ4n) is 2.38. The summed E-state index contributed by atoms with van der Waals surface area (Å²) in [6.07, 6.45) is 3.74. The van der Waals surface area contributed by atoms with Crippen LogP contribution in [0.15, 0.2) is 30.3 Å². The standard InChI is InChI=1S/C14H21N2O4P/c17-14(15-18)12-16-10-6-1-2-7-11-20-21(16,19)13-8-4-3-5-9-13/h3-5,8-9,18H,1-2,6-7,10-12H2,(H,15,17). The average molecular weight is 312 g/mol. The van der Waals surface area contributed by atoms with Crippen LogP contribution in [0, 0.1) is 0 Å². The number of nitrogens with zero attached hydrogens (tertiary/aromatic N) is 1. The summed E-state index contributed by atoms with van der Waals surface area (Å²) >= 11 is 0. The van der Waals surface area contributed by atoms with Crippen LogP contribution >= 0.6 is 7.52 Å². The number of rotatable bonds is 3. The molecule has 1 aromatic rings. The Morgan fingerprint density at radius 2 is 1.95 bits per heavy atom. The summed E-state index contributed by atoms with van der Waals surface area (Å²) in [6, 6.07) is 8.95. The molecule has 1 unspecified atom stereocenters. The molecule has 2 N–H and O–H groups in total. The monoisotopic (exact) mass is 312 g/mol. The van der Waals surface area contributed by atoms with E-state index in [1.807, 2.05) is 6.07 Å². The molecule has 6 nitrogen and oxygen atoms in total. The van der Waals surface area contributed by atoms with Crippen LogP contribution in [0.5, 0.6) is 0 Å². The van der Waals surface area contributed by atoms with Gasteiger partial charge in [-0.2, -0.15) is 0 Å². The van der Waals surface area contributed by atoms with E-state index in [2.05, 4.69) is 0 Å². The predicted molar refractivity (Wildman–Crippen MR) is 79.6 cm³/mol. The number of nitrogens with one attached hydrogen (secondary N) is 1. The van der Waals surface area contributed by atoms with Crippen molar-refractivity contribution < 1.29 is 19.1 Å². The number of carbonyl (C=O) groups excluding carboxylic acids is 1. The first-order valence-electron chi connectivity index (χ1n) is 7.15. The Morgan fingerprint density at radius 1 is 1.24 bits per heavy atom. The van der Waals surface area contributed by atoms with Crippen molar-refractivity contribution in [2.24, 2.45) is 0 Å². The Morgan fingerprint density at radius 3 is 2.67 bits per heavy atom. The Kier molecular flexibility index (Phi) is 5.94. The molecule has 0 aliphatic carbocycles. The molecule has 0 spiro atoms. The third-order valence-electron chi connectivity index (χ3n) is 3.48. The first kappa shape index (κ1) is 16.2. The highest BCUT2D eigenvalue weighted by Gasteiger charge is 2.35. The van der Waals surface area contributed by atoms with Crippen molar-refractivity contribution in [2.75, 3.05) is 19.7 Å². The van der Waals surface area contributed by atoms with Gasteiger partial charge in [-0.1, -0.05) is 31.0 Å². The van der Waals surface area contributed by atoms with Gasteiger partial charge in [0, 0.05) is 6.54 Å². The lowest BCUT2D eigenvalue weighted by molar-refractivity contribution is -0.129. The highest BCUT2D eigenvalue weighted by atomic mass is 31.2. The largest absolute Gasteiger partial charge is 0.314 e. The Bertz CT molecular complexity index is 509. The molecule has 1 aromatic carbocycles. The van der Waals surface area contributed by atoms with Crippen molar-refractivity contribution in [3.63, 3.8) is 0 Å². The van der Waals surface area contributed by atoms with Gasteiger partial charge in [0.2, 0.25) is 0 Å². The topological polar surface area (TPSA) is 78.9 Å². The van der Waals surface area contributed by atoms with E-state index >= 15 is 0 Å². The van der Waals surface area contributed by atoms with Crippen molar-refractivity contribution in [1.82, 2.24) is 10.2 Å². The lowest BCUT2D eigenvalue weighted by atomic mass is 10.2. The Labute approximate surface area is 124 Å². The van der Waals surface area contributed by atoms with Gasteiger partial charge in [-0.15, -0.1) is 0 Å². The van der Waals surface area contributed by atoms with Gasteiger partial charge in [-0.25, -0.2) is 10.2 Å². The maximum atomic E-state index is 13.4. The molecular weight excluding hydrogens is 291 g/mol. The second kappa shape index (κ2) is 7.71. The van der Waals surface area contributed by atoms with E-state index < -0.39 is 13.4 Å². The summed E-state index contributed by atoms with van der Waals surface area (Å²) < 4.78 is 20.7. The van der Waals surface area contributed by atoms with Crippen LogP contribution in [-0.2, 0) is 13.9 Å². The van der Waals surface area contributed by atoms with Gasteiger partial charge in [-0.05, 0) is 25.0 Å². The SMILES string of the molecule is O=C(CN1CCCCCCOP1(=O)c1ccccc1)NO. The number of carbonyl (C=O) groups is 1. The van der Waals surface area contributed by atoms with Crippen molar-refractivity contribution >= 4 is 18.7 Å². The van der Waals surface area contributed by atoms with E-state index in [4.69, 9.17) is 9.73 Å². The van der Waals surface area contributed by atoms with Crippen molar-refractivity contribution in [1.29, 1.82) is 0 Å². The second-order valence-electron chi connectivity index (χ2n) is 5.03. The van der Waals surface area contributed by atoms with Gasteiger partial charge < -0.3 is 4.52 Å². The number of hydrogen-bond donors (Lipinski definition) is 2. The maximum absolute atomic E-state index is 13.4. The van der Waals surface area contributed by atoms with E-state index in [0.29, 0.717) is 18.5 Å². The minimum atomic E-state index is -3.28. The van der Waals surface area contributed by atoms with E-state index in [1.54, 1.807) is 34.4 Å². The van der Waals surface area contributed by atoms with Gasteiger partial charge in [0.25, 0.3) is 5.91 Å². The molecule has 0 saturated carbocycles. The zero-order chi connectivity index (χ0) is 15.1. The first-order valence-corrected chi connectivity index (χ1v) is 8.73. The van der Waals surface area contributed by atoms with Gasteiger partial charge in [0.15, 0.2) is 0 Å². The fraction of sp³-hybridized carbons (Fsp3) is 0.500. The Hall–Kier alpha value is -1.20. The van der Waals surface area contributed by atoms with Gasteiger partial charge in [0.1, 0.15) is 0 Å². The Balaban J connectivity index is 2.32. The summed E-state index contributed by atoms with van der Waals surface area (Å²) in [5.74, 6) is -0.589. The highest BCUT2D eigenvalue weighted by Crippen LogP contribution is 2.50. The fourth-order valence-corrected chi connectivity index (χ4v) is 4.66. The summed E-state index contributed by atoms with van der Waals surface area (Å²) in [4.78, 5) is 11.5. The molecule has 2 rings (SSSR count). The third-order valence-corrected chi connectivity index (χ3v) is 6.05. The molecule has 1 amide bonds. The highest BCUT2D eigenvalue weighted by molar-refractivity contribution is 7.64. The molecule has 1 aliphatic heterocycles. The maximum Gasteiger partial charge on any atom is 0.302 e. The van der Waals surface area contributed by atoms with Crippen molar-refractivity contribution in [2.45, 2.75) is 25.7 Å². The van der Waals surface area contributed by atoms with Crippen molar-refractivity contribution in [3.8, 4) is 0 Å². The summed E-state index contributed by atoms with van der Waals surface area (Å²) in [5, 5.41) is 9.31. The molecule has 1 saturated heterocycles. The van der Waals surface area contributed by atoms with E-state index in [9.17, 15) is 9.36 Å². The summed E-state index contributed by atoms with van der Waals surface area (Å²) in [6.45, 7) is 0.756. The minimum Gasteiger partial charge on any atom is -0.314 e. The van der Waals surface area contributed by atoms with Gasteiger partial charge in [0.05, 0.1) is 18.5 Å². The zero-order valence-electron chi connectivity index (χ0n) is 11.9. The molecule has 0 bridgehead atoms. The normalized spacial score (nSPS) is 24.6. The smallest absolute Gasteiger partial charge is 0.302 e. The van der Waals surface area contributed by atoms with E-state index in [-0.39, 0.29) is 6.54 Å². The minimum absolute atomic E-state index is 0.150. The summed E-state index contributed by atoms with van der Waals surface area (Å²) in [5.41, 5.74) is 1.60. The number of hydroxylamine groups is 1. The van der Waals surface area contributed by atoms with Crippen LogP contribution in [0.1, 0.15) is 25.7 Å². The zero-order valence-corrected chi connectivity index (χ0v) is 12.8. The van der Waals surface area contributed by atoms with Crippen LogP contribution in [0.25, 0.3) is 0 Å². The number of amides is 1. The molecular formula is C14H21N2O4P. The number of benzene rings is 1. The van der Waals surface area contributed by atoms with Crippen LogP contribution in [0.3, 0.4) is 0 Å². The molecule has 1 fully saturated rings. The van der Waals surface area contributed by atoms with Crippen LogP contribution in [-0.4, -0.2) is 35.5 Å². The van der Waals surface area contributed by atoms with Crippen molar-refractivity contribution in [3.05, 3.63) is 30.3 Å².